The lowest BCUT2D eigenvalue weighted by molar-refractivity contribution is -0.140. The van der Waals surface area contributed by atoms with E-state index in [2.05, 4.69) is 15.3 Å². The molecule has 3 heterocycles. The monoisotopic (exact) mass is 346 g/mol. The molecule has 1 saturated carbocycles. The van der Waals surface area contributed by atoms with Gasteiger partial charge in [0.25, 0.3) is 0 Å². The summed E-state index contributed by atoms with van der Waals surface area (Å²) in [5.41, 5.74) is -0.555. The van der Waals surface area contributed by atoms with Gasteiger partial charge in [0.1, 0.15) is 11.2 Å². The number of nitrogens with zero attached hydrogens (tertiary/aromatic N) is 3. The number of nitrogens with one attached hydrogen (secondary N) is 1. The van der Waals surface area contributed by atoms with Crippen molar-refractivity contribution >= 4 is 35.3 Å². The van der Waals surface area contributed by atoms with Crippen molar-refractivity contribution in [2.45, 2.75) is 49.7 Å². The smallest absolute Gasteiger partial charge is 0.245 e. The van der Waals surface area contributed by atoms with Gasteiger partial charge >= 0.3 is 0 Å². The van der Waals surface area contributed by atoms with E-state index < -0.39 is 11.3 Å². The molecule has 0 radical (unpaired) electrons. The van der Waals surface area contributed by atoms with Crippen LogP contribution >= 0.6 is 11.8 Å². The van der Waals surface area contributed by atoms with Crippen LogP contribution < -0.4 is 10.2 Å². The average molecular weight is 346 g/mol. The number of aromatic nitrogens is 2. The fraction of sp³-hybridized carbons (Fsp3) is 0.562. The van der Waals surface area contributed by atoms with Crippen molar-refractivity contribution in [1.29, 1.82) is 0 Å². The van der Waals surface area contributed by atoms with Crippen LogP contribution in [0.4, 0.5) is 5.82 Å². The molecule has 3 amide bonds. The summed E-state index contributed by atoms with van der Waals surface area (Å²) in [6.07, 6.45) is 7.60. The highest BCUT2D eigenvalue weighted by atomic mass is 32.2. The van der Waals surface area contributed by atoms with E-state index in [1.165, 1.54) is 11.8 Å². The summed E-state index contributed by atoms with van der Waals surface area (Å²) in [6.45, 7) is 0. The first-order valence-corrected chi connectivity index (χ1v) is 9.35. The zero-order valence-corrected chi connectivity index (χ0v) is 14.2. The van der Waals surface area contributed by atoms with Gasteiger partial charge in [-0.2, -0.15) is 0 Å². The number of thioether (sulfide) groups is 1. The summed E-state index contributed by atoms with van der Waals surface area (Å²) < 4.78 is 0. The van der Waals surface area contributed by atoms with Crippen LogP contribution in [0.15, 0.2) is 11.4 Å². The molecule has 24 heavy (non-hydrogen) atoms. The first-order chi connectivity index (χ1) is 11.5. The largest absolute Gasteiger partial charge is 0.295 e. The van der Waals surface area contributed by atoms with Crippen LogP contribution in [0.3, 0.4) is 0 Å². The van der Waals surface area contributed by atoms with Crippen molar-refractivity contribution in [3.05, 3.63) is 11.8 Å². The Morgan fingerprint density at radius 2 is 2.00 bits per heavy atom. The Labute approximate surface area is 143 Å². The van der Waals surface area contributed by atoms with Crippen molar-refractivity contribution in [1.82, 2.24) is 15.3 Å². The fourth-order valence-electron chi connectivity index (χ4n) is 4.00. The van der Waals surface area contributed by atoms with Crippen LogP contribution in [0.5, 0.6) is 0 Å². The van der Waals surface area contributed by atoms with Crippen LogP contribution in [0.2, 0.25) is 0 Å². The quantitative estimate of drug-likeness (QED) is 0.373. The third-order valence-corrected chi connectivity index (χ3v) is 5.75. The highest BCUT2D eigenvalue weighted by Gasteiger charge is 2.58. The lowest BCUT2D eigenvalue weighted by atomic mass is 9.76. The van der Waals surface area contributed by atoms with E-state index in [0.29, 0.717) is 11.0 Å². The summed E-state index contributed by atoms with van der Waals surface area (Å²) in [5, 5.41) is 2.91. The van der Waals surface area contributed by atoms with E-state index in [-0.39, 0.29) is 30.7 Å². The first-order valence-electron chi connectivity index (χ1n) is 8.13. The summed E-state index contributed by atoms with van der Waals surface area (Å²) in [7, 11) is 0. The van der Waals surface area contributed by atoms with Crippen LogP contribution in [0, 0.1) is 5.41 Å². The van der Waals surface area contributed by atoms with Crippen molar-refractivity contribution in [3.63, 3.8) is 0 Å². The number of amides is 3. The van der Waals surface area contributed by atoms with Gasteiger partial charge in [0.05, 0.1) is 6.42 Å². The molecule has 4 rings (SSSR count). The van der Waals surface area contributed by atoms with Gasteiger partial charge in [-0.1, -0.05) is 24.6 Å². The molecule has 1 aromatic heterocycles. The van der Waals surface area contributed by atoms with Crippen LogP contribution in [0.25, 0.3) is 0 Å². The molecule has 1 spiro atoms. The van der Waals surface area contributed by atoms with Gasteiger partial charge in [0, 0.05) is 24.2 Å². The second-order valence-corrected chi connectivity index (χ2v) is 7.41. The third kappa shape index (κ3) is 2.16. The maximum absolute atomic E-state index is 13.3. The average Bonchev–Trinajstić information content (AvgIpc) is 3.17. The van der Waals surface area contributed by atoms with Gasteiger partial charge in [-0.25, -0.2) is 9.97 Å². The van der Waals surface area contributed by atoms with E-state index in [0.717, 1.165) is 31.2 Å². The minimum Gasteiger partial charge on any atom is -0.295 e. The highest BCUT2D eigenvalue weighted by molar-refractivity contribution is 7.98. The van der Waals surface area contributed by atoms with E-state index in [1.807, 2.05) is 6.26 Å². The van der Waals surface area contributed by atoms with Crippen LogP contribution in [-0.4, -0.2) is 40.0 Å². The standard InChI is InChI=1S/C16H18N4O3S/c1-24-15-17-8-9-6-16(7-11(21)18-13(16)22)14(23)20(12(9)19-15)10-4-2-3-5-10/h8,10H,2-7H2,1H3,(H,18,21,22). The van der Waals surface area contributed by atoms with E-state index in [1.54, 1.807) is 11.1 Å². The van der Waals surface area contributed by atoms with Gasteiger partial charge in [-0.3, -0.25) is 24.6 Å². The molecule has 0 bridgehead atoms. The Bertz CT molecular complexity index is 747. The number of anilines is 1. The predicted molar refractivity (Wildman–Crippen MR) is 87.5 cm³/mol. The number of imide groups is 1. The molecule has 0 aromatic carbocycles. The van der Waals surface area contributed by atoms with Gasteiger partial charge in [0.15, 0.2) is 5.16 Å². The number of carbonyl (C=O) groups excluding carboxylic acids is 3. The fourth-order valence-corrected chi connectivity index (χ4v) is 4.34. The topological polar surface area (TPSA) is 92.3 Å². The lowest BCUT2D eigenvalue weighted by Gasteiger charge is -2.40. The minimum absolute atomic E-state index is 0.0431. The van der Waals surface area contributed by atoms with Crippen molar-refractivity contribution < 1.29 is 14.4 Å². The van der Waals surface area contributed by atoms with E-state index >= 15 is 0 Å². The van der Waals surface area contributed by atoms with Crippen molar-refractivity contribution in [3.8, 4) is 0 Å². The Hall–Kier alpha value is -1.96. The molecule has 1 aliphatic carbocycles. The number of rotatable bonds is 2. The first kappa shape index (κ1) is 15.6. The normalized spacial score (nSPS) is 27.0. The van der Waals surface area contributed by atoms with Crippen molar-refractivity contribution in [2.75, 3.05) is 11.2 Å². The molecule has 1 N–H and O–H groups in total. The molecule has 2 fully saturated rings. The minimum atomic E-state index is -1.32. The zero-order chi connectivity index (χ0) is 16.9. The molecular formula is C16H18N4O3S. The molecule has 126 valence electrons. The van der Waals surface area contributed by atoms with Crippen LogP contribution in [0.1, 0.15) is 37.7 Å². The van der Waals surface area contributed by atoms with Gasteiger partial charge in [0.2, 0.25) is 17.7 Å². The maximum Gasteiger partial charge on any atom is 0.245 e. The highest BCUT2D eigenvalue weighted by Crippen LogP contribution is 2.44. The van der Waals surface area contributed by atoms with Crippen LogP contribution in [-0.2, 0) is 20.8 Å². The van der Waals surface area contributed by atoms with Crippen molar-refractivity contribution in [2.24, 2.45) is 5.41 Å². The van der Waals surface area contributed by atoms with E-state index in [4.69, 9.17) is 0 Å². The zero-order valence-electron chi connectivity index (χ0n) is 13.4. The summed E-state index contributed by atoms with van der Waals surface area (Å²) >= 11 is 1.42. The Balaban J connectivity index is 1.85. The Morgan fingerprint density at radius 1 is 1.25 bits per heavy atom. The van der Waals surface area contributed by atoms with Gasteiger partial charge < -0.3 is 0 Å². The number of hydrogen-bond donors (Lipinski definition) is 1. The lowest BCUT2D eigenvalue weighted by Crippen LogP contribution is -2.56. The Kier molecular flexibility index (Phi) is 3.59. The second kappa shape index (κ2) is 5.54. The van der Waals surface area contributed by atoms with E-state index in [9.17, 15) is 14.4 Å². The molecule has 8 heteroatoms. The molecule has 1 aromatic rings. The third-order valence-electron chi connectivity index (χ3n) is 5.19. The molecule has 3 aliphatic rings. The molecular weight excluding hydrogens is 328 g/mol. The molecule has 2 aliphatic heterocycles. The molecule has 7 nitrogen and oxygen atoms in total. The molecule has 1 unspecified atom stereocenters. The summed E-state index contributed by atoms with van der Waals surface area (Å²) in [4.78, 5) is 48.0. The summed E-state index contributed by atoms with van der Waals surface area (Å²) in [6, 6.07) is 0.0431. The number of carbonyl (C=O) groups is 3. The number of hydrogen-bond acceptors (Lipinski definition) is 6. The molecule has 1 atom stereocenters. The second-order valence-electron chi connectivity index (χ2n) is 6.63. The number of fused-ring (bicyclic) bond motifs is 1. The predicted octanol–water partition coefficient (Wildman–Crippen LogP) is 1.06. The SMILES string of the molecule is CSc1ncc2c(n1)N(C1CCCC1)C(=O)C1(CC(=O)NC1=O)C2. The van der Waals surface area contributed by atoms with Gasteiger partial charge in [-0.05, 0) is 19.1 Å². The summed E-state index contributed by atoms with van der Waals surface area (Å²) in [5.74, 6) is -0.537. The maximum atomic E-state index is 13.3. The van der Waals surface area contributed by atoms with Gasteiger partial charge in [-0.15, -0.1) is 0 Å². The Morgan fingerprint density at radius 3 is 2.62 bits per heavy atom. The molecule has 1 saturated heterocycles.